The van der Waals surface area contributed by atoms with E-state index in [0.29, 0.717) is 43.5 Å². The first-order valence-corrected chi connectivity index (χ1v) is 8.36. The molecule has 0 atom stereocenters. The van der Waals surface area contributed by atoms with Crippen molar-refractivity contribution in [2.45, 2.75) is 33.9 Å². The summed E-state index contributed by atoms with van der Waals surface area (Å²) in [5.41, 5.74) is 1.20. The Hall–Kier alpha value is -2.21. The second-order valence-corrected chi connectivity index (χ2v) is 5.37. The summed E-state index contributed by atoms with van der Waals surface area (Å²) in [7, 11) is 0. The van der Waals surface area contributed by atoms with Gasteiger partial charge in [-0.3, -0.25) is 4.79 Å². The zero-order valence-electron chi connectivity index (χ0n) is 14.1. The lowest BCUT2D eigenvalue weighted by Crippen LogP contribution is -2.23. The zero-order chi connectivity index (χ0) is 17.5. The van der Waals surface area contributed by atoms with Crippen molar-refractivity contribution < 1.29 is 9.47 Å². The van der Waals surface area contributed by atoms with E-state index in [-0.39, 0.29) is 10.6 Å². The van der Waals surface area contributed by atoms with Gasteiger partial charge in [0.05, 0.1) is 25.1 Å². The van der Waals surface area contributed by atoms with E-state index in [4.69, 9.17) is 21.1 Å². The molecule has 24 heavy (non-hydrogen) atoms. The van der Waals surface area contributed by atoms with Gasteiger partial charge in [-0.1, -0.05) is 17.7 Å². The maximum Gasteiger partial charge on any atom is 0.287 e. The number of rotatable bonds is 8. The summed E-state index contributed by atoms with van der Waals surface area (Å²) in [4.78, 5) is 12.0. The highest BCUT2D eigenvalue weighted by Gasteiger charge is 2.10. The predicted octanol–water partition coefficient (Wildman–Crippen LogP) is 3.33. The minimum absolute atomic E-state index is 0.141. The van der Waals surface area contributed by atoms with Crippen LogP contribution in [0.3, 0.4) is 0 Å². The SMILES string of the molecule is CCOc1ccc(CNc2cnn(CC)c(=O)c2Cl)cc1OCC. The fourth-order valence-electron chi connectivity index (χ4n) is 2.22. The molecule has 0 aliphatic rings. The minimum Gasteiger partial charge on any atom is -0.490 e. The summed E-state index contributed by atoms with van der Waals surface area (Å²) in [5.74, 6) is 1.41. The standard InChI is InChI=1S/C17H22ClN3O3/c1-4-21-17(22)16(18)13(11-20-21)19-10-12-7-8-14(23-5-2)15(9-12)24-6-3/h7-9,11,19H,4-6,10H2,1-3H3. The molecule has 130 valence electrons. The molecule has 1 heterocycles. The third kappa shape index (κ3) is 4.20. The minimum atomic E-state index is -0.300. The zero-order valence-corrected chi connectivity index (χ0v) is 14.9. The Bertz CT molecular complexity index is 746. The Morgan fingerprint density at radius 1 is 1.17 bits per heavy atom. The summed E-state index contributed by atoms with van der Waals surface area (Å²) >= 11 is 6.11. The number of nitrogens with one attached hydrogen (secondary N) is 1. The van der Waals surface area contributed by atoms with Crippen molar-refractivity contribution in [1.29, 1.82) is 0 Å². The van der Waals surface area contributed by atoms with Crippen molar-refractivity contribution in [2.75, 3.05) is 18.5 Å². The molecule has 0 spiro atoms. The molecule has 0 bridgehead atoms. The highest BCUT2D eigenvalue weighted by molar-refractivity contribution is 6.32. The van der Waals surface area contributed by atoms with Crippen LogP contribution in [-0.4, -0.2) is 23.0 Å². The lowest BCUT2D eigenvalue weighted by Gasteiger charge is -2.13. The third-order valence-electron chi connectivity index (χ3n) is 3.38. The molecule has 0 saturated carbocycles. The van der Waals surface area contributed by atoms with Crippen LogP contribution in [0.2, 0.25) is 5.02 Å². The van der Waals surface area contributed by atoms with Crippen LogP contribution >= 0.6 is 11.6 Å². The van der Waals surface area contributed by atoms with E-state index in [1.165, 1.54) is 4.68 Å². The van der Waals surface area contributed by atoms with Gasteiger partial charge in [-0.25, -0.2) is 4.68 Å². The Balaban J connectivity index is 2.16. The maximum atomic E-state index is 12.0. The van der Waals surface area contributed by atoms with Crippen LogP contribution in [0, 0.1) is 0 Å². The van der Waals surface area contributed by atoms with E-state index in [9.17, 15) is 4.79 Å². The van der Waals surface area contributed by atoms with E-state index < -0.39 is 0 Å². The first-order valence-electron chi connectivity index (χ1n) is 7.98. The molecule has 7 heteroatoms. The number of anilines is 1. The number of hydrogen-bond donors (Lipinski definition) is 1. The van der Waals surface area contributed by atoms with E-state index in [1.807, 2.05) is 39.0 Å². The summed E-state index contributed by atoms with van der Waals surface area (Å²) in [6.45, 7) is 7.80. The van der Waals surface area contributed by atoms with Crippen LogP contribution < -0.4 is 20.3 Å². The highest BCUT2D eigenvalue weighted by atomic mass is 35.5. The Kier molecular flexibility index (Phi) is 6.49. The second-order valence-electron chi connectivity index (χ2n) is 4.99. The van der Waals surface area contributed by atoms with Crippen molar-refractivity contribution >= 4 is 17.3 Å². The van der Waals surface area contributed by atoms with Crippen LogP contribution in [0.1, 0.15) is 26.3 Å². The first-order chi connectivity index (χ1) is 11.6. The van der Waals surface area contributed by atoms with Crippen LogP contribution in [0.5, 0.6) is 11.5 Å². The molecule has 0 amide bonds. The molecular formula is C17H22ClN3O3. The largest absolute Gasteiger partial charge is 0.490 e. The van der Waals surface area contributed by atoms with Crippen molar-refractivity contribution in [3.63, 3.8) is 0 Å². The second kappa shape index (κ2) is 8.59. The van der Waals surface area contributed by atoms with Crippen LogP contribution in [0.4, 0.5) is 5.69 Å². The van der Waals surface area contributed by atoms with Gasteiger partial charge in [-0.15, -0.1) is 0 Å². The Morgan fingerprint density at radius 3 is 2.54 bits per heavy atom. The third-order valence-corrected chi connectivity index (χ3v) is 3.74. The molecule has 0 aliphatic carbocycles. The first kappa shape index (κ1) is 18.1. The van der Waals surface area contributed by atoms with Gasteiger partial charge in [0.2, 0.25) is 0 Å². The molecule has 0 aliphatic heterocycles. The van der Waals surface area contributed by atoms with E-state index in [1.54, 1.807) is 6.20 Å². The van der Waals surface area contributed by atoms with Crippen molar-refractivity contribution in [3.05, 3.63) is 45.3 Å². The average Bonchev–Trinajstić information content (AvgIpc) is 2.59. The smallest absolute Gasteiger partial charge is 0.287 e. The average molecular weight is 352 g/mol. The number of ether oxygens (including phenoxy) is 2. The summed E-state index contributed by atoms with van der Waals surface area (Å²) in [6.07, 6.45) is 1.56. The van der Waals surface area contributed by atoms with Crippen LogP contribution in [0.15, 0.2) is 29.2 Å². The topological polar surface area (TPSA) is 65.4 Å². The fraction of sp³-hybridized carbons (Fsp3) is 0.412. The van der Waals surface area contributed by atoms with Gasteiger partial charge in [-0.2, -0.15) is 5.10 Å². The lowest BCUT2D eigenvalue weighted by molar-refractivity contribution is 0.287. The van der Waals surface area contributed by atoms with Gasteiger partial charge in [0.1, 0.15) is 5.02 Å². The van der Waals surface area contributed by atoms with Crippen molar-refractivity contribution in [2.24, 2.45) is 0 Å². The Morgan fingerprint density at radius 2 is 1.88 bits per heavy atom. The molecule has 1 aromatic carbocycles. The van der Waals surface area contributed by atoms with Crippen molar-refractivity contribution in [1.82, 2.24) is 9.78 Å². The van der Waals surface area contributed by atoms with Gasteiger partial charge < -0.3 is 14.8 Å². The number of halogens is 1. The Labute approximate surface area is 146 Å². The summed E-state index contributed by atoms with van der Waals surface area (Å²) in [5, 5.41) is 7.35. The van der Waals surface area contributed by atoms with E-state index >= 15 is 0 Å². The molecule has 0 saturated heterocycles. The molecule has 1 aromatic heterocycles. The predicted molar refractivity (Wildman–Crippen MR) is 95.3 cm³/mol. The van der Waals surface area contributed by atoms with Gasteiger partial charge in [0.15, 0.2) is 11.5 Å². The molecule has 0 radical (unpaired) electrons. The summed E-state index contributed by atoms with van der Waals surface area (Å²) in [6, 6.07) is 5.73. The number of hydrogen-bond acceptors (Lipinski definition) is 5. The summed E-state index contributed by atoms with van der Waals surface area (Å²) < 4.78 is 12.5. The number of aryl methyl sites for hydroxylation is 1. The lowest BCUT2D eigenvalue weighted by atomic mass is 10.2. The van der Waals surface area contributed by atoms with E-state index in [2.05, 4.69) is 10.4 Å². The van der Waals surface area contributed by atoms with Gasteiger partial charge in [0.25, 0.3) is 5.56 Å². The molecule has 1 N–H and O–H groups in total. The molecule has 0 fully saturated rings. The molecule has 2 rings (SSSR count). The fourth-order valence-corrected chi connectivity index (χ4v) is 2.43. The van der Waals surface area contributed by atoms with Gasteiger partial charge in [-0.05, 0) is 38.5 Å². The quantitative estimate of drug-likeness (QED) is 0.790. The van der Waals surface area contributed by atoms with Crippen LogP contribution in [0.25, 0.3) is 0 Å². The highest BCUT2D eigenvalue weighted by Crippen LogP contribution is 2.29. The molecule has 0 unspecified atom stereocenters. The molecule has 2 aromatic rings. The van der Waals surface area contributed by atoms with Crippen molar-refractivity contribution in [3.8, 4) is 11.5 Å². The maximum absolute atomic E-state index is 12.0. The monoisotopic (exact) mass is 351 g/mol. The van der Waals surface area contributed by atoms with Crippen LogP contribution in [-0.2, 0) is 13.1 Å². The number of nitrogens with zero attached hydrogens (tertiary/aromatic N) is 2. The number of aromatic nitrogens is 2. The molecular weight excluding hydrogens is 330 g/mol. The van der Waals surface area contributed by atoms with Gasteiger partial charge >= 0.3 is 0 Å². The normalized spacial score (nSPS) is 10.5. The molecule has 6 nitrogen and oxygen atoms in total. The van der Waals surface area contributed by atoms with E-state index in [0.717, 1.165) is 5.56 Å². The van der Waals surface area contributed by atoms with Gasteiger partial charge in [0, 0.05) is 13.1 Å². The number of benzene rings is 1.